The Morgan fingerprint density at radius 3 is 2.91 bits per heavy atom. The first-order chi connectivity index (χ1) is 10.7. The first kappa shape index (κ1) is 14.6. The smallest absolute Gasteiger partial charge is 0.408 e. The monoisotopic (exact) mass is 316 g/mol. The lowest BCUT2D eigenvalue weighted by atomic mass is 10.2. The second kappa shape index (κ2) is 6.62. The highest BCUT2D eigenvalue weighted by molar-refractivity contribution is 7.09. The fourth-order valence-electron chi connectivity index (χ4n) is 2.31. The van der Waals surface area contributed by atoms with Crippen molar-refractivity contribution in [2.24, 2.45) is 0 Å². The third kappa shape index (κ3) is 3.28. The standard InChI is InChI=1S/C16H16N2O3S/c19-15(17-11-12-5-4-10-22-12)8-3-9-18-13-6-1-2-7-14(13)21-16(18)20/h1-2,4-7,10H,3,8-9,11H2,(H,17,19). The molecule has 1 amide bonds. The molecule has 1 aromatic carbocycles. The SMILES string of the molecule is O=C(CCCn1c(=O)oc2ccccc21)NCc1cccs1. The fraction of sp³-hybridized carbons (Fsp3) is 0.250. The minimum atomic E-state index is -0.375. The van der Waals surface area contributed by atoms with Crippen molar-refractivity contribution in [3.05, 3.63) is 57.2 Å². The summed E-state index contributed by atoms with van der Waals surface area (Å²) in [7, 11) is 0. The number of nitrogens with one attached hydrogen (secondary N) is 1. The number of hydrogen-bond donors (Lipinski definition) is 1. The first-order valence-corrected chi connectivity index (χ1v) is 7.99. The van der Waals surface area contributed by atoms with Crippen molar-refractivity contribution < 1.29 is 9.21 Å². The summed E-state index contributed by atoms with van der Waals surface area (Å²) in [4.78, 5) is 24.7. The van der Waals surface area contributed by atoms with Crippen LogP contribution in [0.25, 0.3) is 11.1 Å². The Labute approximate surface area is 131 Å². The van der Waals surface area contributed by atoms with E-state index in [1.165, 1.54) is 0 Å². The van der Waals surface area contributed by atoms with E-state index >= 15 is 0 Å². The lowest BCUT2D eigenvalue weighted by Crippen LogP contribution is -2.23. The van der Waals surface area contributed by atoms with Gasteiger partial charge in [0.1, 0.15) is 0 Å². The summed E-state index contributed by atoms with van der Waals surface area (Å²) in [6.07, 6.45) is 0.983. The van der Waals surface area contributed by atoms with Gasteiger partial charge in [0.2, 0.25) is 5.91 Å². The lowest BCUT2D eigenvalue weighted by Gasteiger charge is -2.04. The van der Waals surface area contributed by atoms with E-state index in [1.54, 1.807) is 22.0 Å². The Bertz CT molecular complexity index is 817. The van der Waals surface area contributed by atoms with E-state index in [1.807, 2.05) is 35.7 Å². The fourth-order valence-corrected chi connectivity index (χ4v) is 2.96. The second-order valence-corrected chi connectivity index (χ2v) is 5.98. The normalized spacial score (nSPS) is 10.9. The molecule has 0 atom stereocenters. The summed E-state index contributed by atoms with van der Waals surface area (Å²) in [6, 6.07) is 11.2. The molecule has 22 heavy (non-hydrogen) atoms. The van der Waals surface area contributed by atoms with Gasteiger partial charge in [0.15, 0.2) is 5.58 Å². The van der Waals surface area contributed by atoms with Gasteiger partial charge in [-0.1, -0.05) is 18.2 Å². The summed E-state index contributed by atoms with van der Waals surface area (Å²) >= 11 is 1.62. The van der Waals surface area contributed by atoms with Crippen LogP contribution in [0.5, 0.6) is 0 Å². The number of oxazole rings is 1. The van der Waals surface area contributed by atoms with Crippen LogP contribution in [0.15, 0.2) is 51.0 Å². The first-order valence-electron chi connectivity index (χ1n) is 7.11. The maximum Gasteiger partial charge on any atom is 0.419 e. The molecule has 2 heterocycles. The largest absolute Gasteiger partial charge is 0.419 e. The molecular formula is C16H16N2O3S. The number of hydrogen-bond acceptors (Lipinski definition) is 4. The van der Waals surface area contributed by atoms with Gasteiger partial charge in [-0.2, -0.15) is 0 Å². The molecule has 0 saturated carbocycles. The topological polar surface area (TPSA) is 64.2 Å². The number of para-hydroxylation sites is 2. The van der Waals surface area contributed by atoms with E-state index in [4.69, 9.17) is 4.42 Å². The van der Waals surface area contributed by atoms with Crippen LogP contribution in [0.1, 0.15) is 17.7 Å². The van der Waals surface area contributed by atoms with Gasteiger partial charge in [0.25, 0.3) is 0 Å². The molecule has 2 aromatic heterocycles. The van der Waals surface area contributed by atoms with Crippen LogP contribution in [0, 0.1) is 0 Å². The zero-order valence-corrected chi connectivity index (χ0v) is 12.8. The van der Waals surface area contributed by atoms with Crippen molar-refractivity contribution in [2.75, 3.05) is 0 Å². The molecule has 0 spiro atoms. The molecule has 0 aliphatic carbocycles. The van der Waals surface area contributed by atoms with Crippen LogP contribution in [0.4, 0.5) is 0 Å². The van der Waals surface area contributed by atoms with E-state index in [-0.39, 0.29) is 11.7 Å². The minimum absolute atomic E-state index is 0.00532. The Hall–Kier alpha value is -2.34. The Morgan fingerprint density at radius 1 is 1.23 bits per heavy atom. The lowest BCUT2D eigenvalue weighted by molar-refractivity contribution is -0.121. The van der Waals surface area contributed by atoms with E-state index in [9.17, 15) is 9.59 Å². The third-order valence-corrected chi connectivity index (χ3v) is 4.28. The molecule has 3 aromatic rings. The molecule has 0 fully saturated rings. The van der Waals surface area contributed by atoms with Crippen molar-refractivity contribution >= 4 is 28.3 Å². The zero-order valence-electron chi connectivity index (χ0n) is 12.0. The number of carbonyl (C=O) groups is 1. The second-order valence-electron chi connectivity index (χ2n) is 4.95. The Morgan fingerprint density at radius 2 is 2.09 bits per heavy atom. The average molecular weight is 316 g/mol. The van der Waals surface area contributed by atoms with Gasteiger partial charge in [-0.05, 0) is 30.0 Å². The number of nitrogens with zero attached hydrogens (tertiary/aromatic N) is 1. The van der Waals surface area contributed by atoms with Gasteiger partial charge in [0, 0.05) is 17.8 Å². The van der Waals surface area contributed by atoms with Crippen molar-refractivity contribution in [3.63, 3.8) is 0 Å². The molecule has 0 bridgehead atoms. The summed E-state index contributed by atoms with van der Waals surface area (Å²) in [5, 5.41) is 4.86. The summed E-state index contributed by atoms with van der Waals surface area (Å²) in [5.74, 6) is -0.380. The Kier molecular flexibility index (Phi) is 4.39. The van der Waals surface area contributed by atoms with E-state index in [2.05, 4.69) is 5.32 Å². The third-order valence-electron chi connectivity index (χ3n) is 3.40. The number of aryl methyl sites for hydroxylation is 1. The van der Waals surface area contributed by atoms with Gasteiger partial charge in [-0.15, -0.1) is 11.3 Å². The van der Waals surface area contributed by atoms with Crippen molar-refractivity contribution in [2.45, 2.75) is 25.9 Å². The van der Waals surface area contributed by atoms with E-state index in [0.29, 0.717) is 31.5 Å². The number of thiophene rings is 1. The highest BCUT2D eigenvalue weighted by atomic mass is 32.1. The number of aromatic nitrogens is 1. The maximum atomic E-state index is 11.8. The number of carbonyl (C=O) groups excluding carboxylic acids is 1. The predicted molar refractivity (Wildman–Crippen MR) is 85.9 cm³/mol. The van der Waals surface area contributed by atoms with E-state index in [0.717, 1.165) is 10.4 Å². The van der Waals surface area contributed by atoms with E-state index < -0.39 is 0 Å². The van der Waals surface area contributed by atoms with Gasteiger partial charge >= 0.3 is 5.76 Å². The molecule has 114 valence electrons. The number of fused-ring (bicyclic) bond motifs is 1. The molecule has 3 rings (SSSR count). The molecule has 1 N–H and O–H groups in total. The summed E-state index contributed by atoms with van der Waals surface area (Å²) in [5.41, 5.74) is 1.35. The minimum Gasteiger partial charge on any atom is -0.408 e. The quantitative estimate of drug-likeness (QED) is 0.760. The highest BCUT2D eigenvalue weighted by Gasteiger charge is 2.09. The van der Waals surface area contributed by atoms with Gasteiger partial charge in [-0.25, -0.2) is 4.79 Å². The molecule has 0 aliphatic rings. The number of benzene rings is 1. The van der Waals surface area contributed by atoms with Crippen molar-refractivity contribution in [3.8, 4) is 0 Å². The van der Waals surface area contributed by atoms with Crippen LogP contribution in [-0.2, 0) is 17.9 Å². The molecular weight excluding hydrogens is 300 g/mol. The zero-order chi connectivity index (χ0) is 15.4. The van der Waals surface area contributed by atoms with Gasteiger partial charge in [0.05, 0.1) is 12.1 Å². The predicted octanol–water partition coefficient (Wildman–Crippen LogP) is 2.75. The Balaban J connectivity index is 1.53. The molecule has 0 unspecified atom stereocenters. The van der Waals surface area contributed by atoms with Crippen molar-refractivity contribution in [1.82, 2.24) is 9.88 Å². The van der Waals surface area contributed by atoms with Gasteiger partial charge in [-0.3, -0.25) is 9.36 Å². The van der Waals surface area contributed by atoms with Crippen LogP contribution < -0.4 is 11.1 Å². The van der Waals surface area contributed by atoms with Crippen LogP contribution in [-0.4, -0.2) is 10.5 Å². The van der Waals surface area contributed by atoms with Crippen LogP contribution in [0.2, 0.25) is 0 Å². The summed E-state index contributed by atoms with van der Waals surface area (Å²) in [6.45, 7) is 1.04. The highest BCUT2D eigenvalue weighted by Crippen LogP contribution is 2.12. The maximum absolute atomic E-state index is 11.8. The molecule has 0 aliphatic heterocycles. The molecule has 6 heteroatoms. The van der Waals surface area contributed by atoms with Crippen molar-refractivity contribution in [1.29, 1.82) is 0 Å². The van der Waals surface area contributed by atoms with Crippen LogP contribution >= 0.6 is 11.3 Å². The van der Waals surface area contributed by atoms with Crippen LogP contribution in [0.3, 0.4) is 0 Å². The molecule has 5 nitrogen and oxygen atoms in total. The number of rotatable bonds is 6. The van der Waals surface area contributed by atoms with Gasteiger partial charge < -0.3 is 9.73 Å². The average Bonchev–Trinajstić information content (AvgIpc) is 3.13. The summed E-state index contributed by atoms with van der Waals surface area (Å²) < 4.78 is 6.73. The molecule has 0 saturated heterocycles. The number of amides is 1. The molecule has 0 radical (unpaired) electrons.